The first kappa shape index (κ1) is 19.3. The molecule has 0 fully saturated rings. The topological polar surface area (TPSA) is 72.2 Å². The lowest BCUT2D eigenvalue weighted by Gasteiger charge is -2.10. The second kappa shape index (κ2) is 8.47. The Kier molecular flexibility index (Phi) is 6.05. The smallest absolute Gasteiger partial charge is 0.253 e. The molecule has 0 aliphatic heterocycles. The van der Waals surface area contributed by atoms with Gasteiger partial charge in [0.05, 0.1) is 0 Å². The number of fused-ring (bicyclic) bond motifs is 1. The second-order valence-corrected chi connectivity index (χ2v) is 7.07. The van der Waals surface area contributed by atoms with Gasteiger partial charge in [0, 0.05) is 24.4 Å². The summed E-state index contributed by atoms with van der Waals surface area (Å²) in [7, 11) is 0. The van der Waals surface area contributed by atoms with Crippen molar-refractivity contribution in [3.05, 3.63) is 52.6 Å². The molecule has 0 aliphatic carbocycles. The van der Waals surface area contributed by atoms with Crippen molar-refractivity contribution in [3.63, 3.8) is 0 Å². The zero-order valence-corrected chi connectivity index (χ0v) is 16.4. The Morgan fingerprint density at radius 3 is 2.63 bits per heavy atom. The first-order chi connectivity index (χ1) is 13.0. The SMILES string of the molecule is CSc1nc2nc(C)c(CCC(=O)NCCc3ccc(F)cc3)c(C)n2n1. The number of amides is 1. The highest BCUT2D eigenvalue weighted by Crippen LogP contribution is 2.18. The van der Waals surface area contributed by atoms with Gasteiger partial charge in [0.25, 0.3) is 5.78 Å². The molecule has 1 amide bonds. The molecule has 8 heteroatoms. The molecule has 1 aromatic carbocycles. The summed E-state index contributed by atoms with van der Waals surface area (Å²) >= 11 is 1.47. The zero-order valence-electron chi connectivity index (χ0n) is 15.6. The molecule has 2 aromatic heterocycles. The standard InChI is InChI=1S/C19H22FN5OS/c1-12-16(13(2)25-18(22-12)23-19(24-25)27-3)8-9-17(26)21-11-10-14-4-6-15(20)7-5-14/h4-7H,8-11H2,1-3H3,(H,21,26). The van der Waals surface area contributed by atoms with Crippen LogP contribution in [0.4, 0.5) is 4.39 Å². The number of carbonyl (C=O) groups is 1. The molecular weight excluding hydrogens is 365 g/mol. The molecule has 0 saturated carbocycles. The summed E-state index contributed by atoms with van der Waals surface area (Å²) < 4.78 is 14.6. The summed E-state index contributed by atoms with van der Waals surface area (Å²) in [5.74, 6) is 0.317. The van der Waals surface area contributed by atoms with E-state index in [4.69, 9.17) is 0 Å². The minimum Gasteiger partial charge on any atom is -0.356 e. The summed E-state index contributed by atoms with van der Waals surface area (Å²) in [6.07, 6.45) is 3.57. The van der Waals surface area contributed by atoms with Gasteiger partial charge >= 0.3 is 0 Å². The average molecular weight is 387 g/mol. The number of carbonyl (C=O) groups excluding carboxylic acids is 1. The Bertz CT molecular complexity index is 955. The monoisotopic (exact) mass is 387 g/mol. The summed E-state index contributed by atoms with van der Waals surface area (Å²) in [6, 6.07) is 6.32. The summed E-state index contributed by atoms with van der Waals surface area (Å²) in [5, 5.41) is 8.02. The van der Waals surface area contributed by atoms with E-state index in [0.717, 1.165) is 22.5 Å². The van der Waals surface area contributed by atoms with Crippen LogP contribution < -0.4 is 5.32 Å². The van der Waals surface area contributed by atoms with Crippen molar-refractivity contribution in [2.24, 2.45) is 0 Å². The quantitative estimate of drug-likeness (QED) is 0.631. The molecule has 1 N–H and O–H groups in total. The maximum absolute atomic E-state index is 12.9. The molecule has 0 saturated heterocycles. The molecule has 2 heterocycles. The van der Waals surface area contributed by atoms with Crippen LogP contribution in [0.3, 0.4) is 0 Å². The number of halogens is 1. The number of benzene rings is 1. The molecule has 142 valence electrons. The summed E-state index contributed by atoms with van der Waals surface area (Å²) in [4.78, 5) is 21.0. The molecule has 0 bridgehead atoms. The van der Waals surface area contributed by atoms with Gasteiger partial charge in [-0.2, -0.15) is 4.98 Å². The highest BCUT2D eigenvalue weighted by Gasteiger charge is 2.14. The third-order valence-electron chi connectivity index (χ3n) is 4.46. The average Bonchev–Trinajstić information content (AvgIpc) is 3.06. The first-order valence-electron chi connectivity index (χ1n) is 8.76. The molecule has 3 aromatic rings. The molecule has 0 radical (unpaired) electrons. The number of hydrogen-bond donors (Lipinski definition) is 1. The number of rotatable bonds is 7. The number of hydrogen-bond acceptors (Lipinski definition) is 5. The molecule has 0 aliphatic rings. The van der Waals surface area contributed by atoms with E-state index in [1.165, 1.54) is 23.9 Å². The lowest BCUT2D eigenvalue weighted by molar-refractivity contribution is -0.121. The van der Waals surface area contributed by atoms with Crippen LogP contribution in [0.25, 0.3) is 5.78 Å². The Hall–Kier alpha value is -2.48. The number of aromatic nitrogens is 4. The number of thioether (sulfide) groups is 1. The normalized spacial score (nSPS) is 11.1. The summed E-state index contributed by atoms with van der Waals surface area (Å²) in [5.41, 5.74) is 3.85. The van der Waals surface area contributed by atoms with Crippen LogP contribution in [0.15, 0.2) is 29.4 Å². The predicted octanol–water partition coefficient (Wildman–Crippen LogP) is 2.89. The van der Waals surface area contributed by atoms with Crippen molar-refractivity contribution in [1.29, 1.82) is 0 Å². The van der Waals surface area contributed by atoms with Crippen molar-refractivity contribution in [2.45, 2.75) is 38.3 Å². The third kappa shape index (κ3) is 4.63. The van der Waals surface area contributed by atoms with Crippen LogP contribution >= 0.6 is 11.8 Å². The highest BCUT2D eigenvalue weighted by molar-refractivity contribution is 7.98. The lowest BCUT2D eigenvalue weighted by atomic mass is 10.1. The maximum atomic E-state index is 12.9. The van der Waals surface area contributed by atoms with Crippen molar-refractivity contribution >= 4 is 23.4 Å². The Morgan fingerprint density at radius 2 is 1.93 bits per heavy atom. The van der Waals surface area contributed by atoms with E-state index >= 15 is 0 Å². The fourth-order valence-corrected chi connectivity index (χ4v) is 3.30. The van der Waals surface area contributed by atoms with Crippen molar-refractivity contribution in [3.8, 4) is 0 Å². The third-order valence-corrected chi connectivity index (χ3v) is 5.00. The zero-order chi connectivity index (χ0) is 19.4. The van der Waals surface area contributed by atoms with Gasteiger partial charge in [-0.25, -0.2) is 13.9 Å². The molecule has 3 rings (SSSR count). The van der Waals surface area contributed by atoms with Crippen molar-refractivity contribution in [1.82, 2.24) is 24.9 Å². The van der Waals surface area contributed by atoms with E-state index < -0.39 is 0 Å². The van der Waals surface area contributed by atoms with Gasteiger partial charge in [0.2, 0.25) is 11.1 Å². The van der Waals surface area contributed by atoms with E-state index in [-0.39, 0.29) is 11.7 Å². The van der Waals surface area contributed by atoms with Gasteiger partial charge in [-0.1, -0.05) is 23.9 Å². The molecule has 6 nitrogen and oxygen atoms in total. The van der Waals surface area contributed by atoms with Gasteiger partial charge in [-0.05, 0) is 56.2 Å². The van der Waals surface area contributed by atoms with Crippen LogP contribution in [0.5, 0.6) is 0 Å². The van der Waals surface area contributed by atoms with E-state index in [2.05, 4.69) is 20.4 Å². The van der Waals surface area contributed by atoms with E-state index in [1.807, 2.05) is 20.1 Å². The maximum Gasteiger partial charge on any atom is 0.253 e. The van der Waals surface area contributed by atoms with Crippen LogP contribution in [0.2, 0.25) is 0 Å². The van der Waals surface area contributed by atoms with E-state index in [1.54, 1.807) is 16.6 Å². The lowest BCUT2D eigenvalue weighted by Crippen LogP contribution is -2.26. The molecular formula is C19H22FN5OS. The van der Waals surface area contributed by atoms with Crippen LogP contribution in [-0.4, -0.2) is 38.3 Å². The van der Waals surface area contributed by atoms with Crippen molar-refractivity contribution < 1.29 is 9.18 Å². The fraction of sp³-hybridized carbons (Fsp3) is 0.368. The van der Waals surface area contributed by atoms with Crippen LogP contribution in [-0.2, 0) is 17.6 Å². The Morgan fingerprint density at radius 1 is 1.19 bits per heavy atom. The first-order valence-corrected chi connectivity index (χ1v) is 9.98. The van der Waals surface area contributed by atoms with Gasteiger partial charge in [-0.15, -0.1) is 5.10 Å². The van der Waals surface area contributed by atoms with Crippen LogP contribution in [0.1, 0.15) is 28.9 Å². The number of nitrogens with one attached hydrogen (secondary N) is 1. The van der Waals surface area contributed by atoms with Gasteiger partial charge < -0.3 is 5.32 Å². The molecule has 0 atom stereocenters. The van der Waals surface area contributed by atoms with Crippen LogP contribution in [0, 0.1) is 19.7 Å². The van der Waals surface area contributed by atoms with Gasteiger partial charge in [0.1, 0.15) is 5.82 Å². The second-order valence-electron chi connectivity index (χ2n) is 6.30. The van der Waals surface area contributed by atoms with Crippen molar-refractivity contribution in [2.75, 3.05) is 12.8 Å². The van der Waals surface area contributed by atoms with Gasteiger partial charge in [-0.3, -0.25) is 4.79 Å². The Balaban J connectivity index is 1.57. The molecule has 0 spiro atoms. The van der Waals surface area contributed by atoms with E-state index in [0.29, 0.717) is 36.7 Å². The minimum absolute atomic E-state index is 0.0144. The molecule has 27 heavy (non-hydrogen) atoms. The largest absolute Gasteiger partial charge is 0.356 e. The predicted molar refractivity (Wildman–Crippen MR) is 103 cm³/mol. The highest BCUT2D eigenvalue weighted by atomic mass is 32.2. The fourth-order valence-electron chi connectivity index (χ4n) is 2.96. The Labute approximate surface area is 161 Å². The number of aryl methyl sites for hydroxylation is 2. The minimum atomic E-state index is -0.254. The van der Waals surface area contributed by atoms with E-state index in [9.17, 15) is 9.18 Å². The number of nitrogens with zero attached hydrogens (tertiary/aromatic N) is 4. The summed E-state index contributed by atoms with van der Waals surface area (Å²) in [6.45, 7) is 4.43. The van der Waals surface area contributed by atoms with Gasteiger partial charge in [0.15, 0.2) is 0 Å². The molecule has 0 unspecified atom stereocenters.